The fraction of sp³-hybridized carbons (Fsp3) is 0.333. The van der Waals surface area contributed by atoms with Gasteiger partial charge >= 0.3 is 0 Å². The molecular formula is C15H15ClN4O2S. The van der Waals surface area contributed by atoms with Crippen LogP contribution in [0.15, 0.2) is 24.3 Å². The highest BCUT2D eigenvalue weighted by atomic mass is 35.5. The quantitative estimate of drug-likeness (QED) is 0.887. The Morgan fingerprint density at radius 3 is 2.52 bits per heavy atom. The van der Waals surface area contributed by atoms with E-state index in [-0.39, 0.29) is 22.0 Å². The third-order valence-corrected chi connectivity index (χ3v) is 4.74. The Bertz CT molecular complexity index is 728. The first-order valence-electron chi connectivity index (χ1n) is 7.33. The first-order valence-corrected chi connectivity index (χ1v) is 8.52. The van der Waals surface area contributed by atoms with E-state index >= 15 is 0 Å². The summed E-state index contributed by atoms with van der Waals surface area (Å²) in [5.74, 6) is -0.680. The molecule has 0 atom stereocenters. The molecule has 1 aliphatic carbocycles. The van der Waals surface area contributed by atoms with Gasteiger partial charge in [0.15, 0.2) is 0 Å². The minimum atomic E-state index is -0.412. The number of carbonyl (C=O) groups is 2. The Labute approximate surface area is 142 Å². The van der Waals surface area contributed by atoms with Gasteiger partial charge in [0.05, 0.1) is 0 Å². The number of nitrogens with one attached hydrogen (secondary N) is 2. The van der Waals surface area contributed by atoms with Crippen molar-refractivity contribution in [2.75, 3.05) is 5.32 Å². The fourth-order valence-electron chi connectivity index (χ4n) is 2.47. The summed E-state index contributed by atoms with van der Waals surface area (Å²) in [4.78, 5) is 24.2. The van der Waals surface area contributed by atoms with E-state index in [0.717, 1.165) is 37.0 Å². The van der Waals surface area contributed by atoms with Crippen LogP contribution in [0.2, 0.25) is 5.02 Å². The fourth-order valence-corrected chi connectivity index (χ4v) is 3.31. The van der Waals surface area contributed by atoms with Crippen LogP contribution in [0.5, 0.6) is 0 Å². The van der Waals surface area contributed by atoms with Gasteiger partial charge in [-0.1, -0.05) is 41.8 Å². The molecule has 2 N–H and O–H groups in total. The lowest BCUT2D eigenvalue weighted by Gasteiger charge is -2.09. The molecule has 2 amide bonds. The van der Waals surface area contributed by atoms with Crippen molar-refractivity contribution in [3.63, 3.8) is 0 Å². The van der Waals surface area contributed by atoms with E-state index < -0.39 is 5.91 Å². The Hall–Kier alpha value is -1.99. The Morgan fingerprint density at radius 1 is 1.13 bits per heavy atom. The van der Waals surface area contributed by atoms with E-state index in [1.165, 1.54) is 0 Å². The molecule has 1 saturated carbocycles. The topological polar surface area (TPSA) is 84.0 Å². The lowest BCUT2D eigenvalue weighted by Crippen LogP contribution is -2.32. The highest BCUT2D eigenvalue weighted by Crippen LogP contribution is 2.20. The molecule has 1 aromatic heterocycles. The van der Waals surface area contributed by atoms with E-state index in [9.17, 15) is 9.59 Å². The normalized spacial score (nSPS) is 14.7. The number of hydrogen-bond donors (Lipinski definition) is 2. The van der Waals surface area contributed by atoms with E-state index in [1.54, 1.807) is 24.3 Å². The summed E-state index contributed by atoms with van der Waals surface area (Å²) in [6.07, 6.45) is 4.25. The smallest absolute Gasteiger partial charge is 0.286 e. The lowest BCUT2D eigenvalue weighted by molar-refractivity contribution is 0.0935. The third kappa shape index (κ3) is 4.05. The number of aromatic nitrogens is 2. The van der Waals surface area contributed by atoms with Crippen molar-refractivity contribution >= 4 is 40.4 Å². The van der Waals surface area contributed by atoms with Crippen LogP contribution in [0, 0.1) is 0 Å². The van der Waals surface area contributed by atoms with Gasteiger partial charge in [-0.05, 0) is 31.0 Å². The molecule has 0 spiro atoms. The first kappa shape index (κ1) is 15.9. The highest BCUT2D eigenvalue weighted by molar-refractivity contribution is 7.15. The van der Waals surface area contributed by atoms with Gasteiger partial charge in [-0.3, -0.25) is 9.59 Å². The van der Waals surface area contributed by atoms with E-state index in [4.69, 9.17) is 11.6 Å². The Kier molecular flexibility index (Phi) is 4.88. The zero-order valence-corrected chi connectivity index (χ0v) is 13.8. The number of rotatable bonds is 4. The molecule has 0 radical (unpaired) electrons. The van der Waals surface area contributed by atoms with Crippen molar-refractivity contribution in [1.29, 1.82) is 0 Å². The predicted molar refractivity (Wildman–Crippen MR) is 89.0 cm³/mol. The molecule has 0 unspecified atom stereocenters. The average molecular weight is 351 g/mol. The molecular weight excluding hydrogens is 336 g/mol. The number of carbonyl (C=O) groups excluding carboxylic acids is 2. The summed E-state index contributed by atoms with van der Waals surface area (Å²) < 4.78 is 0. The van der Waals surface area contributed by atoms with Crippen LogP contribution in [-0.2, 0) is 0 Å². The van der Waals surface area contributed by atoms with Crippen LogP contribution in [0.4, 0.5) is 5.69 Å². The van der Waals surface area contributed by atoms with Crippen molar-refractivity contribution in [2.24, 2.45) is 0 Å². The van der Waals surface area contributed by atoms with Crippen LogP contribution in [0.25, 0.3) is 0 Å². The Morgan fingerprint density at radius 2 is 1.83 bits per heavy atom. The van der Waals surface area contributed by atoms with Crippen LogP contribution in [0.3, 0.4) is 0 Å². The number of halogens is 1. The monoisotopic (exact) mass is 350 g/mol. The second-order valence-corrected chi connectivity index (χ2v) is 6.75. The molecule has 6 nitrogen and oxygen atoms in total. The molecule has 3 rings (SSSR count). The van der Waals surface area contributed by atoms with Crippen molar-refractivity contribution in [2.45, 2.75) is 31.7 Å². The maximum Gasteiger partial charge on any atom is 0.286 e. The SMILES string of the molecule is O=C(Nc1cccc(Cl)c1)c1nnc(C(=O)NC2CCCC2)s1. The van der Waals surface area contributed by atoms with Crippen LogP contribution >= 0.6 is 22.9 Å². The second kappa shape index (κ2) is 7.06. The van der Waals surface area contributed by atoms with Gasteiger partial charge in [0.1, 0.15) is 0 Å². The van der Waals surface area contributed by atoms with Crippen LogP contribution in [-0.4, -0.2) is 28.1 Å². The van der Waals surface area contributed by atoms with Crippen molar-refractivity contribution in [1.82, 2.24) is 15.5 Å². The van der Waals surface area contributed by atoms with E-state index in [1.807, 2.05) is 0 Å². The predicted octanol–water partition coefficient (Wildman–Crippen LogP) is 3.12. The maximum absolute atomic E-state index is 12.1. The molecule has 1 aliphatic rings. The molecule has 120 valence electrons. The number of benzene rings is 1. The van der Waals surface area contributed by atoms with Gasteiger partial charge in [-0.2, -0.15) is 0 Å². The molecule has 0 saturated heterocycles. The van der Waals surface area contributed by atoms with Gasteiger partial charge in [0, 0.05) is 16.8 Å². The zero-order valence-electron chi connectivity index (χ0n) is 12.2. The summed E-state index contributed by atoms with van der Waals surface area (Å²) in [5, 5.41) is 14.1. The van der Waals surface area contributed by atoms with Crippen LogP contribution < -0.4 is 10.6 Å². The minimum Gasteiger partial charge on any atom is -0.347 e. The number of amides is 2. The molecule has 8 heteroatoms. The van der Waals surface area contributed by atoms with Gasteiger partial charge in [-0.15, -0.1) is 10.2 Å². The summed E-state index contributed by atoms with van der Waals surface area (Å²) in [5.41, 5.74) is 0.564. The van der Waals surface area contributed by atoms with E-state index in [0.29, 0.717) is 10.7 Å². The molecule has 1 fully saturated rings. The zero-order chi connectivity index (χ0) is 16.2. The minimum absolute atomic E-state index is 0.140. The Balaban J connectivity index is 1.63. The standard InChI is InChI=1S/C15H15ClN4O2S/c16-9-4-3-7-11(8-9)18-13(22)15-20-19-14(23-15)12(21)17-10-5-1-2-6-10/h3-4,7-8,10H,1-2,5-6H2,(H,17,21)(H,18,22). The summed E-state index contributed by atoms with van der Waals surface area (Å²) >= 11 is 6.85. The second-order valence-electron chi connectivity index (χ2n) is 5.33. The molecule has 23 heavy (non-hydrogen) atoms. The molecule has 0 bridgehead atoms. The largest absolute Gasteiger partial charge is 0.347 e. The third-order valence-electron chi connectivity index (χ3n) is 3.59. The highest BCUT2D eigenvalue weighted by Gasteiger charge is 2.22. The molecule has 1 heterocycles. The number of nitrogens with zero attached hydrogens (tertiary/aromatic N) is 2. The molecule has 0 aliphatic heterocycles. The lowest BCUT2D eigenvalue weighted by atomic mass is 10.2. The van der Waals surface area contributed by atoms with Gasteiger partial charge in [0.2, 0.25) is 10.0 Å². The van der Waals surface area contributed by atoms with Crippen LogP contribution in [0.1, 0.15) is 45.3 Å². The summed E-state index contributed by atoms with van der Waals surface area (Å²) in [7, 11) is 0. The maximum atomic E-state index is 12.1. The van der Waals surface area contributed by atoms with Gasteiger partial charge in [-0.25, -0.2) is 0 Å². The van der Waals surface area contributed by atoms with Crippen molar-refractivity contribution in [3.05, 3.63) is 39.3 Å². The van der Waals surface area contributed by atoms with Gasteiger partial charge < -0.3 is 10.6 Å². The first-order chi connectivity index (χ1) is 11.1. The van der Waals surface area contributed by atoms with Gasteiger partial charge in [0.25, 0.3) is 11.8 Å². The molecule has 2 aromatic rings. The summed E-state index contributed by atoms with van der Waals surface area (Å²) in [6.45, 7) is 0. The van der Waals surface area contributed by atoms with Crippen molar-refractivity contribution < 1.29 is 9.59 Å². The average Bonchev–Trinajstić information content (AvgIpc) is 3.18. The summed E-state index contributed by atoms with van der Waals surface area (Å²) in [6, 6.07) is 7.01. The van der Waals surface area contributed by atoms with E-state index in [2.05, 4.69) is 20.8 Å². The molecule has 1 aromatic carbocycles. The van der Waals surface area contributed by atoms with Crippen molar-refractivity contribution in [3.8, 4) is 0 Å². The number of hydrogen-bond acceptors (Lipinski definition) is 5. The number of anilines is 1.